The number of carbonyl (C=O) groups excluding carboxylic acids is 1. The topological polar surface area (TPSA) is 55.1 Å². The van der Waals surface area contributed by atoms with Crippen LogP contribution in [0.25, 0.3) is 0 Å². The van der Waals surface area contributed by atoms with Crippen molar-refractivity contribution < 1.29 is 4.79 Å². The lowest BCUT2D eigenvalue weighted by Gasteiger charge is -2.34. The summed E-state index contributed by atoms with van der Waals surface area (Å²) >= 11 is 0. The molecule has 2 fully saturated rings. The van der Waals surface area contributed by atoms with Crippen LogP contribution in [0.15, 0.2) is 0 Å². The molecule has 2 saturated carbocycles. The van der Waals surface area contributed by atoms with Gasteiger partial charge in [0.15, 0.2) is 0 Å². The summed E-state index contributed by atoms with van der Waals surface area (Å²) in [6.07, 6.45) is 7.88. The molecule has 2 rings (SSSR count). The van der Waals surface area contributed by atoms with Gasteiger partial charge in [0.05, 0.1) is 0 Å². The van der Waals surface area contributed by atoms with E-state index in [-0.39, 0.29) is 11.8 Å². The van der Waals surface area contributed by atoms with Gasteiger partial charge in [0, 0.05) is 18.0 Å². The average Bonchev–Trinajstić information content (AvgIpc) is 2.28. The van der Waals surface area contributed by atoms with Crippen molar-refractivity contribution >= 4 is 5.91 Å². The molecule has 1 amide bonds. The normalized spacial score (nSPS) is 41.4. The van der Waals surface area contributed by atoms with E-state index in [1.165, 1.54) is 12.8 Å². The molecular weight excluding hydrogens is 224 g/mol. The third-order valence-corrected chi connectivity index (χ3v) is 4.83. The summed E-state index contributed by atoms with van der Waals surface area (Å²) in [7, 11) is 0. The molecule has 0 aromatic carbocycles. The number of amides is 1. The summed E-state index contributed by atoms with van der Waals surface area (Å²) in [6.45, 7) is 4.47. The standard InChI is InChI=1S/C15H28N2O/c1-10-4-3-5-13(8-10)17-15(18)14-7-6-12(16)9-11(14)2/h10-14H,3-9,16H2,1-2H3,(H,17,18). The van der Waals surface area contributed by atoms with Gasteiger partial charge in [-0.05, 0) is 43.9 Å². The Morgan fingerprint density at radius 2 is 1.89 bits per heavy atom. The van der Waals surface area contributed by atoms with Gasteiger partial charge >= 0.3 is 0 Å². The quantitative estimate of drug-likeness (QED) is 0.793. The molecule has 3 N–H and O–H groups in total. The van der Waals surface area contributed by atoms with E-state index >= 15 is 0 Å². The fraction of sp³-hybridized carbons (Fsp3) is 0.933. The van der Waals surface area contributed by atoms with E-state index in [1.54, 1.807) is 0 Å². The molecule has 0 aliphatic heterocycles. The highest BCUT2D eigenvalue weighted by Crippen LogP contribution is 2.30. The molecule has 3 heteroatoms. The Morgan fingerprint density at radius 1 is 1.11 bits per heavy atom. The van der Waals surface area contributed by atoms with Crippen molar-refractivity contribution in [2.75, 3.05) is 0 Å². The van der Waals surface area contributed by atoms with Crippen LogP contribution < -0.4 is 11.1 Å². The van der Waals surface area contributed by atoms with Crippen molar-refractivity contribution in [3.05, 3.63) is 0 Å². The van der Waals surface area contributed by atoms with Crippen LogP contribution in [0.2, 0.25) is 0 Å². The summed E-state index contributed by atoms with van der Waals surface area (Å²) in [5.74, 6) is 1.69. The number of hydrogen-bond acceptors (Lipinski definition) is 2. The number of nitrogens with one attached hydrogen (secondary N) is 1. The predicted molar refractivity (Wildman–Crippen MR) is 74.0 cm³/mol. The highest BCUT2D eigenvalue weighted by atomic mass is 16.1. The van der Waals surface area contributed by atoms with Gasteiger partial charge in [-0.25, -0.2) is 0 Å². The summed E-state index contributed by atoms with van der Waals surface area (Å²) in [4.78, 5) is 12.3. The Kier molecular flexibility index (Phi) is 4.66. The van der Waals surface area contributed by atoms with Gasteiger partial charge in [-0.2, -0.15) is 0 Å². The van der Waals surface area contributed by atoms with Gasteiger partial charge in [0.1, 0.15) is 0 Å². The predicted octanol–water partition coefficient (Wildman–Crippen LogP) is 2.44. The lowest BCUT2D eigenvalue weighted by Crippen LogP contribution is -2.45. The van der Waals surface area contributed by atoms with E-state index in [9.17, 15) is 4.79 Å². The van der Waals surface area contributed by atoms with Crippen molar-refractivity contribution in [2.24, 2.45) is 23.5 Å². The Balaban J connectivity index is 1.83. The van der Waals surface area contributed by atoms with Gasteiger partial charge in [-0.3, -0.25) is 4.79 Å². The summed E-state index contributed by atoms with van der Waals surface area (Å²) in [5.41, 5.74) is 5.96. The minimum Gasteiger partial charge on any atom is -0.353 e. The van der Waals surface area contributed by atoms with E-state index in [2.05, 4.69) is 19.2 Å². The maximum atomic E-state index is 12.3. The summed E-state index contributed by atoms with van der Waals surface area (Å²) in [5, 5.41) is 3.28. The van der Waals surface area contributed by atoms with E-state index in [1.807, 2.05) is 0 Å². The molecule has 0 aromatic heterocycles. The minimum atomic E-state index is 0.196. The van der Waals surface area contributed by atoms with Gasteiger partial charge in [-0.1, -0.05) is 26.7 Å². The molecule has 5 unspecified atom stereocenters. The Hall–Kier alpha value is -0.570. The van der Waals surface area contributed by atoms with Crippen molar-refractivity contribution in [1.29, 1.82) is 0 Å². The van der Waals surface area contributed by atoms with Crippen LogP contribution in [0.5, 0.6) is 0 Å². The molecule has 2 aliphatic rings. The lowest BCUT2D eigenvalue weighted by molar-refractivity contribution is -0.128. The monoisotopic (exact) mass is 252 g/mol. The second kappa shape index (κ2) is 6.05. The fourth-order valence-electron chi connectivity index (χ4n) is 3.70. The zero-order chi connectivity index (χ0) is 13.1. The maximum absolute atomic E-state index is 12.3. The molecule has 5 atom stereocenters. The molecule has 0 heterocycles. The highest BCUT2D eigenvalue weighted by Gasteiger charge is 2.32. The van der Waals surface area contributed by atoms with Gasteiger partial charge in [0.2, 0.25) is 5.91 Å². The first-order valence-electron chi connectivity index (χ1n) is 7.62. The number of hydrogen-bond donors (Lipinski definition) is 2. The molecule has 0 radical (unpaired) electrons. The van der Waals surface area contributed by atoms with Crippen LogP contribution in [0, 0.1) is 17.8 Å². The first-order valence-corrected chi connectivity index (χ1v) is 7.62. The SMILES string of the molecule is CC1CCCC(NC(=O)C2CCC(N)CC2C)C1. The third kappa shape index (κ3) is 3.47. The van der Waals surface area contributed by atoms with Crippen LogP contribution in [0.3, 0.4) is 0 Å². The molecular formula is C15H28N2O. The zero-order valence-corrected chi connectivity index (χ0v) is 11.8. The smallest absolute Gasteiger partial charge is 0.223 e. The number of nitrogens with two attached hydrogens (primary N) is 1. The summed E-state index contributed by atoms with van der Waals surface area (Å²) in [6, 6.07) is 0.725. The maximum Gasteiger partial charge on any atom is 0.223 e. The second-order valence-corrected chi connectivity index (χ2v) is 6.63. The molecule has 3 nitrogen and oxygen atoms in total. The van der Waals surface area contributed by atoms with Gasteiger partial charge < -0.3 is 11.1 Å². The van der Waals surface area contributed by atoms with Crippen molar-refractivity contribution in [1.82, 2.24) is 5.32 Å². The first-order chi connectivity index (χ1) is 8.56. The molecule has 0 aromatic rings. The third-order valence-electron chi connectivity index (χ3n) is 4.83. The van der Waals surface area contributed by atoms with Gasteiger partial charge in [0.25, 0.3) is 0 Å². The van der Waals surface area contributed by atoms with Gasteiger partial charge in [-0.15, -0.1) is 0 Å². The lowest BCUT2D eigenvalue weighted by atomic mass is 9.77. The molecule has 18 heavy (non-hydrogen) atoms. The van der Waals surface area contributed by atoms with Crippen LogP contribution in [0.1, 0.15) is 58.8 Å². The van der Waals surface area contributed by atoms with Crippen molar-refractivity contribution in [3.8, 4) is 0 Å². The van der Waals surface area contributed by atoms with Crippen molar-refractivity contribution in [2.45, 2.75) is 70.9 Å². The minimum absolute atomic E-state index is 0.196. The van der Waals surface area contributed by atoms with Crippen LogP contribution >= 0.6 is 0 Å². The molecule has 0 bridgehead atoms. The van der Waals surface area contributed by atoms with E-state index in [0.29, 0.717) is 18.0 Å². The zero-order valence-electron chi connectivity index (χ0n) is 11.8. The second-order valence-electron chi connectivity index (χ2n) is 6.63. The molecule has 0 saturated heterocycles. The highest BCUT2D eigenvalue weighted by molar-refractivity contribution is 5.79. The van der Waals surface area contributed by atoms with Crippen LogP contribution in [-0.4, -0.2) is 18.0 Å². The van der Waals surface area contributed by atoms with Crippen LogP contribution in [-0.2, 0) is 4.79 Å². The molecule has 104 valence electrons. The van der Waals surface area contributed by atoms with E-state index < -0.39 is 0 Å². The van der Waals surface area contributed by atoms with E-state index in [0.717, 1.165) is 38.0 Å². The molecule has 0 spiro atoms. The largest absolute Gasteiger partial charge is 0.353 e. The number of rotatable bonds is 2. The first kappa shape index (κ1) is 13.9. The van der Waals surface area contributed by atoms with Crippen molar-refractivity contribution in [3.63, 3.8) is 0 Å². The summed E-state index contributed by atoms with van der Waals surface area (Å²) < 4.78 is 0. The van der Waals surface area contributed by atoms with E-state index in [4.69, 9.17) is 5.73 Å². The Bertz CT molecular complexity index is 292. The Labute approximate surface area is 111 Å². The average molecular weight is 252 g/mol. The fourth-order valence-corrected chi connectivity index (χ4v) is 3.70. The van der Waals surface area contributed by atoms with Crippen LogP contribution in [0.4, 0.5) is 0 Å². The Morgan fingerprint density at radius 3 is 2.56 bits per heavy atom. The number of carbonyl (C=O) groups is 1. The molecule has 2 aliphatic carbocycles.